The molecule has 2 bridgehead atoms. The molecule has 0 saturated carbocycles. The Labute approximate surface area is 125 Å². The largest absolute Gasteiger partial charge is 0.309 e. The average Bonchev–Trinajstić information content (AvgIpc) is 2.58. The highest BCUT2D eigenvalue weighted by atomic mass is 14.9. The molecule has 2 heteroatoms. The summed E-state index contributed by atoms with van der Waals surface area (Å²) in [5.41, 5.74) is 5.85. The molecule has 5 rings (SSSR count). The monoisotopic (exact) mass is 276 g/mol. The van der Waals surface area contributed by atoms with Crippen molar-refractivity contribution >= 4 is 5.57 Å². The summed E-state index contributed by atoms with van der Waals surface area (Å²) < 4.78 is 0. The standard InChI is InChI=1S/C19H20N2/c1-2-5-14(6-3-1)11-17-15-8-9-18(21-13-15)19(17)16-7-4-10-20-12-16/h1-7,10,12,15,18,21H,8-9,11,13H2. The Morgan fingerprint density at radius 3 is 2.67 bits per heavy atom. The van der Waals surface area contributed by atoms with Gasteiger partial charge in [-0.2, -0.15) is 0 Å². The van der Waals surface area contributed by atoms with Gasteiger partial charge in [0.25, 0.3) is 0 Å². The maximum absolute atomic E-state index is 4.32. The third kappa shape index (κ3) is 2.40. The van der Waals surface area contributed by atoms with E-state index in [0.717, 1.165) is 13.0 Å². The summed E-state index contributed by atoms with van der Waals surface area (Å²) in [6, 6.07) is 15.6. The van der Waals surface area contributed by atoms with E-state index in [1.807, 2.05) is 18.5 Å². The Hall–Kier alpha value is -1.93. The minimum absolute atomic E-state index is 0.512. The zero-order chi connectivity index (χ0) is 14.1. The lowest BCUT2D eigenvalue weighted by molar-refractivity contribution is 0.352. The van der Waals surface area contributed by atoms with Crippen LogP contribution < -0.4 is 5.32 Å². The molecule has 3 heterocycles. The number of nitrogens with zero attached hydrogens (tertiary/aromatic N) is 1. The van der Waals surface area contributed by atoms with Crippen LogP contribution in [0, 0.1) is 5.92 Å². The molecule has 2 atom stereocenters. The summed E-state index contributed by atoms with van der Waals surface area (Å²) in [6.45, 7) is 1.14. The Bertz CT molecular complexity index is 638. The van der Waals surface area contributed by atoms with Gasteiger partial charge in [-0.25, -0.2) is 0 Å². The molecule has 0 spiro atoms. The van der Waals surface area contributed by atoms with Crippen molar-refractivity contribution in [2.75, 3.05) is 6.54 Å². The first kappa shape index (κ1) is 12.8. The number of pyridine rings is 1. The summed E-state index contributed by atoms with van der Waals surface area (Å²) in [5.74, 6) is 0.686. The van der Waals surface area contributed by atoms with Crippen LogP contribution in [0.4, 0.5) is 0 Å². The smallest absolute Gasteiger partial charge is 0.0343 e. The van der Waals surface area contributed by atoms with E-state index in [-0.39, 0.29) is 0 Å². The summed E-state index contributed by atoms with van der Waals surface area (Å²) in [4.78, 5) is 4.32. The number of fused-ring (bicyclic) bond motifs is 2. The van der Waals surface area contributed by atoms with Crippen LogP contribution in [0.2, 0.25) is 0 Å². The van der Waals surface area contributed by atoms with Crippen LogP contribution in [-0.2, 0) is 6.42 Å². The van der Waals surface area contributed by atoms with E-state index in [4.69, 9.17) is 0 Å². The second-order valence-electron chi connectivity index (χ2n) is 6.08. The Morgan fingerprint density at radius 1 is 1.05 bits per heavy atom. The second-order valence-corrected chi connectivity index (χ2v) is 6.08. The molecule has 0 radical (unpaired) electrons. The van der Waals surface area contributed by atoms with Gasteiger partial charge < -0.3 is 5.32 Å². The number of rotatable bonds is 3. The lowest BCUT2D eigenvalue weighted by Gasteiger charge is -2.41. The Kier molecular flexibility index (Phi) is 3.32. The van der Waals surface area contributed by atoms with E-state index in [9.17, 15) is 0 Å². The highest BCUT2D eigenvalue weighted by Crippen LogP contribution is 2.40. The van der Waals surface area contributed by atoms with Crippen molar-refractivity contribution < 1.29 is 0 Å². The summed E-state index contributed by atoms with van der Waals surface area (Å²) >= 11 is 0. The maximum Gasteiger partial charge on any atom is 0.0343 e. The van der Waals surface area contributed by atoms with Crippen molar-refractivity contribution in [3.05, 3.63) is 71.6 Å². The lowest BCUT2D eigenvalue weighted by Crippen LogP contribution is -2.46. The van der Waals surface area contributed by atoms with Crippen molar-refractivity contribution in [1.82, 2.24) is 10.3 Å². The van der Waals surface area contributed by atoms with Gasteiger partial charge in [0.2, 0.25) is 0 Å². The molecular formula is C19H20N2. The van der Waals surface area contributed by atoms with E-state index in [1.54, 1.807) is 5.57 Å². The number of hydrogen-bond acceptors (Lipinski definition) is 2. The predicted molar refractivity (Wildman–Crippen MR) is 85.8 cm³/mol. The molecule has 1 aromatic heterocycles. The van der Waals surface area contributed by atoms with Gasteiger partial charge in [0.15, 0.2) is 0 Å². The molecule has 0 amide bonds. The second kappa shape index (κ2) is 5.45. The number of aromatic nitrogens is 1. The van der Waals surface area contributed by atoms with Crippen LogP contribution in [0.25, 0.3) is 5.57 Å². The van der Waals surface area contributed by atoms with E-state index in [1.165, 1.54) is 29.5 Å². The minimum atomic E-state index is 0.512. The quantitative estimate of drug-likeness (QED) is 0.928. The van der Waals surface area contributed by atoms with E-state index >= 15 is 0 Å². The summed E-state index contributed by atoms with van der Waals surface area (Å²) in [5, 5.41) is 3.70. The topological polar surface area (TPSA) is 24.9 Å². The van der Waals surface area contributed by atoms with Crippen molar-refractivity contribution in [3.8, 4) is 0 Å². The third-order valence-electron chi connectivity index (χ3n) is 4.81. The Balaban J connectivity index is 1.78. The molecule has 1 saturated heterocycles. The average molecular weight is 276 g/mol. The summed E-state index contributed by atoms with van der Waals surface area (Å²) in [7, 11) is 0. The zero-order valence-corrected chi connectivity index (χ0v) is 12.1. The molecule has 21 heavy (non-hydrogen) atoms. The van der Waals surface area contributed by atoms with Crippen LogP contribution >= 0.6 is 0 Å². The molecular weight excluding hydrogens is 256 g/mol. The highest BCUT2D eigenvalue weighted by Gasteiger charge is 2.35. The molecule has 2 unspecified atom stereocenters. The molecule has 1 fully saturated rings. The van der Waals surface area contributed by atoms with Crippen LogP contribution in [0.1, 0.15) is 24.0 Å². The maximum atomic E-state index is 4.32. The van der Waals surface area contributed by atoms with E-state index < -0.39 is 0 Å². The molecule has 2 aromatic rings. The first-order chi connectivity index (χ1) is 10.4. The fourth-order valence-corrected chi connectivity index (χ4v) is 3.81. The van der Waals surface area contributed by atoms with E-state index in [2.05, 4.69) is 46.7 Å². The Morgan fingerprint density at radius 2 is 1.95 bits per heavy atom. The number of piperidine rings is 1. The fraction of sp³-hybridized carbons (Fsp3) is 0.316. The van der Waals surface area contributed by atoms with Crippen molar-refractivity contribution in [1.29, 1.82) is 0 Å². The SMILES string of the molecule is c1ccc(CC2=C(c3cccnc3)C3CCC2CN3)cc1. The van der Waals surface area contributed by atoms with Crippen LogP contribution in [-0.4, -0.2) is 17.6 Å². The van der Waals surface area contributed by atoms with Crippen molar-refractivity contribution in [2.45, 2.75) is 25.3 Å². The van der Waals surface area contributed by atoms with Gasteiger partial charge >= 0.3 is 0 Å². The molecule has 3 aliphatic rings. The van der Waals surface area contributed by atoms with Gasteiger partial charge in [0, 0.05) is 25.0 Å². The molecule has 2 nitrogen and oxygen atoms in total. The zero-order valence-electron chi connectivity index (χ0n) is 12.1. The molecule has 1 aromatic carbocycles. The predicted octanol–water partition coefficient (Wildman–Crippen LogP) is 3.46. The lowest BCUT2D eigenvalue weighted by atomic mass is 9.72. The van der Waals surface area contributed by atoms with Gasteiger partial charge in [-0.3, -0.25) is 4.98 Å². The van der Waals surface area contributed by atoms with Gasteiger partial charge in [-0.05, 0) is 47.9 Å². The molecule has 106 valence electrons. The van der Waals surface area contributed by atoms with Crippen LogP contribution in [0.15, 0.2) is 60.4 Å². The van der Waals surface area contributed by atoms with Gasteiger partial charge in [-0.1, -0.05) is 42.0 Å². The van der Waals surface area contributed by atoms with Gasteiger partial charge in [0.1, 0.15) is 0 Å². The van der Waals surface area contributed by atoms with Gasteiger partial charge in [0.05, 0.1) is 0 Å². The van der Waals surface area contributed by atoms with Crippen LogP contribution in [0.5, 0.6) is 0 Å². The first-order valence-corrected chi connectivity index (χ1v) is 7.82. The summed E-state index contributed by atoms with van der Waals surface area (Å²) in [6.07, 6.45) is 7.53. The van der Waals surface area contributed by atoms with Crippen molar-refractivity contribution in [2.24, 2.45) is 5.92 Å². The fourth-order valence-electron chi connectivity index (χ4n) is 3.81. The van der Waals surface area contributed by atoms with Crippen LogP contribution in [0.3, 0.4) is 0 Å². The molecule has 1 aliphatic carbocycles. The third-order valence-corrected chi connectivity index (χ3v) is 4.81. The number of nitrogens with one attached hydrogen (secondary N) is 1. The minimum Gasteiger partial charge on any atom is -0.309 e. The molecule has 1 N–H and O–H groups in total. The normalized spacial score (nSPS) is 24.4. The number of benzene rings is 1. The molecule has 2 aliphatic heterocycles. The highest BCUT2D eigenvalue weighted by molar-refractivity contribution is 5.74. The first-order valence-electron chi connectivity index (χ1n) is 7.82. The number of hydrogen-bond donors (Lipinski definition) is 1. The van der Waals surface area contributed by atoms with E-state index in [0.29, 0.717) is 12.0 Å². The van der Waals surface area contributed by atoms with Crippen molar-refractivity contribution in [3.63, 3.8) is 0 Å². The van der Waals surface area contributed by atoms with Gasteiger partial charge in [-0.15, -0.1) is 0 Å².